The van der Waals surface area contributed by atoms with E-state index in [1.54, 1.807) is 0 Å². The van der Waals surface area contributed by atoms with Crippen molar-refractivity contribution in [2.45, 2.75) is 24.2 Å². The molecule has 0 spiro atoms. The van der Waals surface area contributed by atoms with Gasteiger partial charge in [-0.15, -0.1) is 11.8 Å². The molecular formula is C12H16ClNS. The SMILES string of the molecule is CC(CN)C1CCSc2c(Cl)cccc21. The van der Waals surface area contributed by atoms with E-state index in [0.29, 0.717) is 11.8 Å². The highest BCUT2D eigenvalue weighted by Gasteiger charge is 2.25. The summed E-state index contributed by atoms with van der Waals surface area (Å²) in [5, 5.41) is 0.895. The lowest BCUT2D eigenvalue weighted by molar-refractivity contribution is 0.450. The summed E-state index contributed by atoms with van der Waals surface area (Å²) in [5.74, 6) is 2.29. The van der Waals surface area contributed by atoms with Crippen LogP contribution in [0.4, 0.5) is 0 Å². The van der Waals surface area contributed by atoms with Gasteiger partial charge in [-0.05, 0) is 42.2 Å². The monoisotopic (exact) mass is 241 g/mol. The van der Waals surface area contributed by atoms with Gasteiger partial charge in [0.05, 0.1) is 5.02 Å². The van der Waals surface area contributed by atoms with E-state index < -0.39 is 0 Å². The fourth-order valence-electron chi connectivity index (χ4n) is 2.17. The number of hydrogen-bond donors (Lipinski definition) is 1. The highest BCUT2D eigenvalue weighted by Crippen LogP contribution is 2.44. The van der Waals surface area contributed by atoms with Gasteiger partial charge in [0.1, 0.15) is 0 Å². The van der Waals surface area contributed by atoms with E-state index in [0.717, 1.165) is 17.3 Å². The molecule has 1 nitrogen and oxygen atoms in total. The summed E-state index contributed by atoms with van der Waals surface area (Å²) >= 11 is 8.08. The molecule has 1 aliphatic heterocycles. The number of thioether (sulfide) groups is 1. The summed E-state index contributed by atoms with van der Waals surface area (Å²) < 4.78 is 0. The van der Waals surface area contributed by atoms with Crippen LogP contribution in [0.2, 0.25) is 5.02 Å². The predicted molar refractivity (Wildman–Crippen MR) is 67.8 cm³/mol. The van der Waals surface area contributed by atoms with Crippen molar-refractivity contribution < 1.29 is 0 Å². The smallest absolute Gasteiger partial charge is 0.0544 e. The van der Waals surface area contributed by atoms with Crippen molar-refractivity contribution in [1.82, 2.24) is 0 Å². The van der Waals surface area contributed by atoms with Crippen LogP contribution < -0.4 is 5.73 Å². The molecule has 15 heavy (non-hydrogen) atoms. The third-order valence-corrected chi connectivity index (χ3v) is 4.74. The molecule has 0 saturated carbocycles. The molecule has 82 valence electrons. The molecule has 1 aliphatic rings. The van der Waals surface area contributed by atoms with Crippen LogP contribution in [-0.4, -0.2) is 12.3 Å². The Kier molecular flexibility index (Phi) is 3.60. The third kappa shape index (κ3) is 2.17. The van der Waals surface area contributed by atoms with Crippen molar-refractivity contribution in [2.24, 2.45) is 11.7 Å². The zero-order valence-electron chi connectivity index (χ0n) is 8.87. The highest BCUT2D eigenvalue weighted by atomic mass is 35.5. The molecule has 0 bridgehead atoms. The Balaban J connectivity index is 2.38. The summed E-state index contributed by atoms with van der Waals surface area (Å²) in [7, 11) is 0. The van der Waals surface area contributed by atoms with Gasteiger partial charge < -0.3 is 5.73 Å². The zero-order chi connectivity index (χ0) is 10.8. The van der Waals surface area contributed by atoms with Gasteiger partial charge in [-0.1, -0.05) is 30.7 Å². The summed E-state index contributed by atoms with van der Waals surface area (Å²) in [6, 6.07) is 6.22. The minimum absolute atomic E-state index is 0.545. The average molecular weight is 242 g/mol. The third-order valence-electron chi connectivity index (χ3n) is 3.13. The van der Waals surface area contributed by atoms with Crippen LogP contribution in [0.1, 0.15) is 24.8 Å². The Morgan fingerprint density at radius 2 is 2.40 bits per heavy atom. The van der Waals surface area contributed by atoms with Gasteiger partial charge in [0.25, 0.3) is 0 Å². The maximum Gasteiger partial charge on any atom is 0.0544 e. The maximum atomic E-state index is 6.20. The molecule has 2 atom stereocenters. The van der Waals surface area contributed by atoms with Crippen LogP contribution in [-0.2, 0) is 0 Å². The van der Waals surface area contributed by atoms with E-state index in [-0.39, 0.29) is 0 Å². The number of fused-ring (bicyclic) bond motifs is 1. The minimum atomic E-state index is 0.545. The molecule has 0 aromatic heterocycles. The molecule has 3 heteroatoms. The molecule has 0 amide bonds. The van der Waals surface area contributed by atoms with E-state index in [9.17, 15) is 0 Å². The first kappa shape index (κ1) is 11.3. The second-order valence-electron chi connectivity index (χ2n) is 4.11. The second-order valence-corrected chi connectivity index (χ2v) is 5.63. The van der Waals surface area contributed by atoms with Crippen molar-refractivity contribution in [1.29, 1.82) is 0 Å². The summed E-state index contributed by atoms with van der Waals surface area (Å²) in [5.41, 5.74) is 7.16. The molecule has 0 fully saturated rings. The number of rotatable bonds is 2. The first-order valence-electron chi connectivity index (χ1n) is 5.35. The van der Waals surface area contributed by atoms with Gasteiger partial charge in [0, 0.05) is 4.90 Å². The average Bonchev–Trinajstić information content (AvgIpc) is 2.28. The van der Waals surface area contributed by atoms with Gasteiger partial charge in [0.2, 0.25) is 0 Å². The summed E-state index contributed by atoms with van der Waals surface area (Å²) in [6.07, 6.45) is 1.22. The number of hydrogen-bond acceptors (Lipinski definition) is 2. The van der Waals surface area contributed by atoms with Crippen LogP contribution in [0.5, 0.6) is 0 Å². The zero-order valence-corrected chi connectivity index (χ0v) is 10.4. The fraction of sp³-hybridized carbons (Fsp3) is 0.500. The van der Waals surface area contributed by atoms with Gasteiger partial charge >= 0.3 is 0 Å². The molecule has 0 aliphatic carbocycles. The van der Waals surface area contributed by atoms with Crippen molar-refractivity contribution in [2.75, 3.05) is 12.3 Å². The summed E-state index contributed by atoms with van der Waals surface area (Å²) in [6.45, 7) is 2.98. The molecule has 2 N–H and O–H groups in total. The van der Waals surface area contributed by atoms with Crippen LogP contribution in [0.3, 0.4) is 0 Å². The quantitative estimate of drug-likeness (QED) is 0.858. The number of nitrogens with two attached hydrogens (primary N) is 1. The number of benzene rings is 1. The lowest BCUT2D eigenvalue weighted by Gasteiger charge is -2.29. The van der Waals surface area contributed by atoms with Crippen molar-refractivity contribution in [3.63, 3.8) is 0 Å². The molecule has 1 aromatic rings. The Morgan fingerprint density at radius 1 is 1.60 bits per heavy atom. The van der Waals surface area contributed by atoms with Crippen LogP contribution in [0.15, 0.2) is 23.1 Å². The Labute approximate surface area is 100 Å². The van der Waals surface area contributed by atoms with Gasteiger partial charge in [-0.3, -0.25) is 0 Å². The highest BCUT2D eigenvalue weighted by molar-refractivity contribution is 7.99. The lowest BCUT2D eigenvalue weighted by atomic mass is 9.85. The van der Waals surface area contributed by atoms with Crippen molar-refractivity contribution in [3.8, 4) is 0 Å². The molecule has 0 radical (unpaired) electrons. The predicted octanol–water partition coefficient (Wildman–Crippen LogP) is 3.51. The van der Waals surface area contributed by atoms with Crippen molar-refractivity contribution in [3.05, 3.63) is 28.8 Å². The Bertz CT molecular complexity index is 353. The first-order valence-corrected chi connectivity index (χ1v) is 6.71. The van der Waals surface area contributed by atoms with E-state index in [1.165, 1.54) is 16.9 Å². The molecule has 0 saturated heterocycles. The molecule has 2 rings (SSSR count). The topological polar surface area (TPSA) is 26.0 Å². The van der Waals surface area contributed by atoms with Gasteiger partial charge in [-0.2, -0.15) is 0 Å². The van der Waals surface area contributed by atoms with Crippen LogP contribution in [0.25, 0.3) is 0 Å². The number of halogens is 1. The Hall–Kier alpha value is -0.180. The van der Waals surface area contributed by atoms with Gasteiger partial charge in [0.15, 0.2) is 0 Å². The standard InChI is InChI=1S/C12H16ClNS/c1-8(7-14)9-5-6-15-12-10(9)3-2-4-11(12)13/h2-4,8-9H,5-7,14H2,1H3. The molecule has 1 aromatic carbocycles. The van der Waals surface area contributed by atoms with Crippen LogP contribution in [0, 0.1) is 5.92 Å². The lowest BCUT2D eigenvalue weighted by Crippen LogP contribution is -2.22. The van der Waals surface area contributed by atoms with E-state index in [2.05, 4.69) is 13.0 Å². The Morgan fingerprint density at radius 3 is 3.13 bits per heavy atom. The van der Waals surface area contributed by atoms with E-state index >= 15 is 0 Å². The molecule has 1 heterocycles. The largest absolute Gasteiger partial charge is 0.330 e. The normalized spacial score (nSPS) is 22.2. The molecular weight excluding hydrogens is 226 g/mol. The van der Waals surface area contributed by atoms with Crippen molar-refractivity contribution >= 4 is 23.4 Å². The van der Waals surface area contributed by atoms with Gasteiger partial charge in [-0.25, -0.2) is 0 Å². The summed E-state index contributed by atoms with van der Waals surface area (Å²) in [4.78, 5) is 1.27. The second kappa shape index (κ2) is 4.77. The fourth-order valence-corrected chi connectivity index (χ4v) is 3.68. The van der Waals surface area contributed by atoms with E-state index in [4.69, 9.17) is 17.3 Å². The first-order chi connectivity index (χ1) is 7.24. The maximum absolute atomic E-state index is 6.20. The van der Waals surface area contributed by atoms with E-state index in [1.807, 2.05) is 23.9 Å². The van der Waals surface area contributed by atoms with Crippen LogP contribution >= 0.6 is 23.4 Å². The minimum Gasteiger partial charge on any atom is -0.330 e. The molecule has 2 unspecified atom stereocenters.